The average molecular weight is 392 g/mol. The van der Waals surface area contributed by atoms with Crippen LogP contribution in [0.1, 0.15) is 31.4 Å². The predicted molar refractivity (Wildman–Crippen MR) is 110 cm³/mol. The summed E-state index contributed by atoms with van der Waals surface area (Å²) >= 11 is 0. The van der Waals surface area contributed by atoms with Crippen LogP contribution in [0, 0.1) is 0 Å². The van der Waals surface area contributed by atoms with E-state index in [2.05, 4.69) is 22.5 Å². The van der Waals surface area contributed by atoms with Gasteiger partial charge in [-0.05, 0) is 24.1 Å². The van der Waals surface area contributed by atoms with Crippen molar-refractivity contribution >= 4 is 28.8 Å². The van der Waals surface area contributed by atoms with Crippen molar-refractivity contribution < 1.29 is 14.3 Å². The molecule has 0 aliphatic carbocycles. The van der Waals surface area contributed by atoms with Crippen molar-refractivity contribution in [2.24, 2.45) is 0 Å². The first kappa shape index (κ1) is 19.1. The summed E-state index contributed by atoms with van der Waals surface area (Å²) in [5, 5.41) is 5.80. The number of unbranched alkanes of at least 4 members (excludes halogenated alkanes) is 1. The van der Waals surface area contributed by atoms with Crippen LogP contribution in [-0.2, 0) is 20.9 Å². The lowest BCUT2D eigenvalue weighted by Gasteiger charge is -2.31. The van der Waals surface area contributed by atoms with Gasteiger partial charge in [-0.3, -0.25) is 14.9 Å². The molecule has 29 heavy (non-hydrogen) atoms. The second-order valence-electron chi connectivity index (χ2n) is 7.11. The van der Waals surface area contributed by atoms with Gasteiger partial charge in [0.25, 0.3) is 5.91 Å². The zero-order valence-corrected chi connectivity index (χ0v) is 16.3. The molecule has 2 N–H and O–H groups in total. The highest BCUT2D eigenvalue weighted by molar-refractivity contribution is 5.96. The van der Waals surface area contributed by atoms with E-state index in [0.717, 1.165) is 36.0 Å². The summed E-state index contributed by atoms with van der Waals surface area (Å²) in [5.41, 5.74) is 2.63. The van der Waals surface area contributed by atoms with Gasteiger partial charge in [0.05, 0.1) is 17.1 Å². The molecule has 1 aromatic heterocycles. The van der Waals surface area contributed by atoms with Crippen LogP contribution in [0.15, 0.2) is 54.6 Å². The maximum Gasteiger partial charge on any atom is 0.258 e. The Morgan fingerprint density at radius 1 is 1.21 bits per heavy atom. The topological polar surface area (TPSA) is 85.2 Å². The minimum Gasteiger partial charge on any atom is -0.356 e. The van der Waals surface area contributed by atoms with Crippen molar-refractivity contribution in [1.82, 2.24) is 14.9 Å². The summed E-state index contributed by atoms with van der Waals surface area (Å²) in [6.45, 7) is 2.74. The number of imidazole rings is 1. The molecule has 0 unspecified atom stereocenters. The van der Waals surface area contributed by atoms with Gasteiger partial charge in [0, 0.05) is 6.54 Å². The molecule has 3 aromatic rings. The van der Waals surface area contributed by atoms with Gasteiger partial charge in [-0.15, -0.1) is 0 Å². The first-order valence-corrected chi connectivity index (χ1v) is 9.89. The number of fused-ring (bicyclic) bond motifs is 1. The number of carbonyl (C=O) groups is 2. The average Bonchev–Trinajstić information content (AvgIpc) is 3.09. The molecular formula is C22H24N4O3. The predicted octanol–water partition coefficient (Wildman–Crippen LogP) is 3.03. The monoisotopic (exact) mass is 392 g/mol. The Balaban J connectivity index is 1.62. The molecule has 4 rings (SSSR count). The van der Waals surface area contributed by atoms with Crippen LogP contribution in [0.3, 0.4) is 0 Å². The van der Waals surface area contributed by atoms with Crippen LogP contribution in [0.4, 0.5) is 5.95 Å². The Morgan fingerprint density at radius 3 is 2.76 bits per heavy atom. The van der Waals surface area contributed by atoms with E-state index in [1.807, 2.05) is 59.2 Å². The Bertz CT molecular complexity index is 1020. The summed E-state index contributed by atoms with van der Waals surface area (Å²) in [7, 11) is 0. The lowest BCUT2D eigenvalue weighted by atomic mass is 9.99. The lowest BCUT2D eigenvalue weighted by molar-refractivity contribution is -0.145. The van der Waals surface area contributed by atoms with Crippen LogP contribution >= 0.6 is 0 Å². The van der Waals surface area contributed by atoms with Crippen molar-refractivity contribution in [3.8, 4) is 0 Å². The number of morpholine rings is 1. The van der Waals surface area contributed by atoms with Gasteiger partial charge in [0.1, 0.15) is 6.61 Å². The van der Waals surface area contributed by atoms with Crippen molar-refractivity contribution in [3.63, 3.8) is 0 Å². The third-order valence-corrected chi connectivity index (χ3v) is 5.06. The fraction of sp³-hybridized carbons (Fsp3) is 0.318. The zero-order valence-electron chi connectivity index (χ0n) is 16.3. The molecule has 1 aliphatic heterocycles. The molecular weight excluding hydrogens is 368 g/mol. The smallest absolute Gasteiger partial charge is 0.258 e. The summed E-state index contributed by atoms with van der Waals surface area (Å²) in [6.07, 6.45) is 1.18. The number of para-hydroxylation sites is 2. The van der Waals surface area contributed by atoms with Crippen molar-refractivity contribution in [2.45, 2.75) is 38.5 Å². The number of hydrogen-bond acceptors (Lipinski definition) is 4. The van der Waals surface area contributed by atoms with Crippen molar-refractivity contribution in [3.05, 3.63) is 60.2 Å². The van der Waals surface area contributed by atoms with Crippen molar-refractivity contribution in [2.75, 3.05) is 11.9 Å². The number of benzene rings is 2. The molecule has 1 fully saturated rings. The molecule has 0 bridgehead atoms. The largest absolute Gasteiger partial charge is 0.356 e. The zero-order chi connectivity index (χ0) is 20.2. The first-order valence-electron chi connectivity index (χ1n) is 9.89. The number of rotatable bonds is 6. The summed E-state index contributed by atoms with van der Waals surface area (Å²) in [6, 6.07) is 16.6. The van der Waals surface area contributed by atoms with Gasteiger partial charge in [0.15, 0.2) is 6.10 Å². The summed E-state index contributed by atoms with van der Waals surface area (Å²) in [5.74, 6) is -0.0676. The van der Waals surface area contributed by atoms with Crippen LogP contribution in [0.2, 0.25) is 0 Å². The first-order chi connectivity index (χ1) is 14.2. The maximum atomic E-state index is 13.1. The second kappa shape index (κ2) is 8.45. The molecule has 7 heteroatoms. The number of hydrogen-bond donors (Lipinski definition) is 2. The number of nitrogens with zero attached hydrogens (tertiary/aromatic N) is 2. The van der Waals surface area contributed by atoms with E-state index < -0.39 is 12.1 Å². The highest BCUT2D eigenvalue weighted by Crippen LogP contribution is 2.25. The molecule has 1 saturated heterocycles. The maximum absolute atomic E-state index is 13.1. The normalized spacial score (nSPS) is 19.1. The SMILES string of the molecule is CCCCn1c(NC(=O)[C@H]2OCC(=O)N[C@@H]2c2ccccc2)nc2ccccc21. The molecule has 2 amide bonds. The molecule has 0 saturated carbocycles. The second-order valence-corrected chi connectivity index (χ2v) is 7.11. The lowest BCUT2D eigenvalue weighted by Crippen LogP contribution is -2.50. The Morgan fingerprint density at radius 2 is 1.97 bits per heavy atom. The van der Waals surface area contributed by atoms with Crippen LogP contribution in [0.25, 0.3) is 11.0 Å². The molecule has 2 heterocycles. The van der Waals surface area contributed by atoms with Gasteiger partial charge in [-0.1, -0.05) is 55.8 Å². The van der Waals surface area contributed by atoms with E-state index in [1.165, 1.54) is 0 Å². The molecule has 2 atom stereocenters. The van der Waals surface area contributed by atoms with E-state index >= 15 is 0 Å². The summed E-state index contributed by atoms with van der Waals surface area (Å²) in [4.78, 5) is 29.6. The Hall–Kier alpha value is -3.19. The standard InChI is InChI=1S/C22H24N4O3/c1-2-3-13-26-17-12-8-7-11-16(17)23-22(26)25-21(28)20-19(24-18(27)14-29-20)15-9-5-4-6-10-15/h4-12,19-20H,2-3,13-14H2,1H3,(H,24,27)(H,23,25,28)/t19-,20+/m1/s1. The van der Waals surface area contributed by atoms with Gasteiger partial charge < -0.3 is 14.6 Å². The van der Waals surface area contributed by atoms with Crippen LogP contribution < -0.4 is 10.6 Å². The summed E-state index contributed by atoms with van der Waals surface area (Å²) < 4.78 is 7.65. The number of ether oxygens (including phenoxy) is 1. The number of nitrogens with one attached hydrogen (secondary N) is 2. The highest BCUT2D eigenvalue weighted by Gasteiger charge is 2.36. The van der Waals surface area contributed by atoms with Crippen molar-refractivity contribution in [1.29, 1.82) is 0 Å². The number of aromatic nitrogens is 2. The molecule has 1 aliphatic rings. The minimum absolute atomic E-state index is 0.145. The minimum atomic E-state index is -0.838. The van der Waals surface area contributed by atoms with E-state index in [1.54, 1.807) is 0 Å². The van der Waals surface area contributed by atoms with Gasteiger partial charge in [0.2, 0.25) is 11.9 Å². The fourth-order valence-corrected chi connectivity index (χ4v) is 3.59. The van der Waals surface area contributed by atoms with E-state index in [0.29, 0.717) is 5.95 Å². The number of aryl methyl sites for hydroxylation is 1. The molecule has 2 aromatic carbocycles. The van der Waals surface area contributed by atoms with Crippen LogP contribution in [-0.4, -0.2) is 34.1 Å². The number of amides is 2. The van der Waals surface area contributed by atoms with E-state index in [4.69, 9.17) is 4.74 Å². The Labute approximate surface area is 169 Å². The Kier molecular flexibility index (Phi) is 5.57. The quantitative estimate of drug-likeness (QED) is 0.675. The van der Waals surface area contributed by atoms with E-state index in [9.17, 15) is 9.59 Å². The molecule has 7 nitrogen and oxygen atoms in total. The molecule has 150 valence electrons. The fourth-order valence-electron chi connectivity index (χ4n) is 3.59. The van der Waals surface area contributed by atoms with Gasteiger partial charge in [-0.2, -0.15) is 0 Å². The van der Waals surface area contributed by atoms with E-state index in [-0.39, 0.29) is 18.4 Å². The molecule has 0 radical (unpaired) electrons. The van der Waals surface area contributed by atoms with Gasteiger partial charge in [-0.25, -0.2) is 4.98 Å². The molecule has 0 spiro atoms. The third kappa shape index (κ3) is 4.00. The van der Waals surface area contributed by atoms with Gasteiger partial charge >= 0.3 is 0 Å². The number of carbonyl (C=O) groups excluding carboxylic acids is 2. The van der Waals surface area contributed by atoms with Crippen LogP contribution in [0.5, 0.6) is 0 Å². The third-order valence-electron chi connectivity index (χ3n) is 5.06. The number of anilines is 1. The highest BCUT2D eigenvalue weighted by atomic mass is 16.5.